The number of fused-ring (bicyclic) bond motifs is 5. The maximum absolute atomic E-state index is 13.3. The fourth-order valence-corrected chi connectivity index (χ4v) is 4.71. The first-order valence-electron chi connectivity index (χ1n) is 10.1. The molecule has 4 rings (SSSR count). The van der Waals surface area contributed by atoms with Gasteiger partial charge in [0.05, 0.1) is 14.2 Å². The highest BCUT2D eigenvalue weighted by Gasteiger charge is 2.40. The van der Waals surface area contributed by atoms with Gasteiger partial charge in [-0.3, -0.25) is 4.79 Å². The van der Waals surface area contributed by atoms with Crippen LogP contribution < -0.4 is 13.9 Å². The van der Waals surface area contributed by atoms with Gasteiger partial charge in [-0.05, 0) is 71.5 Å². The lowest BCUT2D eigenvalue weighted by atomic mass is 9.97. The van der Waals surface area contributed by atoms with E-state index in [1.165, 1.54) is 0 Å². The molecule has 0 bridgehead atoms. The van der Waals surface area contributed by atoms with Crippen molar-refractivity contribution < 1.29 is 18.7 Å². The van der Waals surface area contributed by atoms with E-state index in [2.05, 4.69) is 33.9 Å². The van der Waals surface area contributed by atoms with E-state index in [4.69, 9.17) is 13.9 Å². The van der Waals surface area contributed by atoms with Gasteiger partial charge in [0.15, 0.2) is 5.78 Å². The average Bonchev–Trinajstić information content (AvgIpc) is 2.98. The molecule has 0 heterocycles. The summed E-state index contributed by atoms with van der Waals surface area (Å²) in [5.41, 5.74) is 3.25. The number of ketones is 1. The lowest BCUT2D eigenvalue weighted by molar-refractivity contribution is 0.104. The number of methoxy groups -OCH3 is 2. The summed E-state index contributed by atoms with van der Waals surface area (Å²) in [7, 11) is 1.16. The molecule has 30 heavy (non-hydrogen) atoms. The van der Waals surface area contributed by atoms with Crippen LogP contribution in [0, 0.1) is 0 Å². The molecule has 3 aromatic carbocycles. The number of ether oxygens (including phenoxy) is 2. The number of carbonyl (C=O) groups is 1. The Labute approximate surface area is 178 Å². The van der Waals surface area contributed by atoms with Crippen molar-refractivity contribution in [1.82, 2.24) is 0 Å². The van der Waals surface area contributed by atoms with Gasteiger partial charge < -0.3 is 13.9 Å². The van der Waals surface area contributed by atoms with Crippen LogP contribution in [0.3, 0.4) is 0 Å². The zero-order chi connectivity index (χ0) is 21.8. The molecule has 0 aromatic heterocycles. The van der Waals surface area contributed by atoms with Crippen LogP contribution >= 0.6 is 0 Å². The molecule has 3 aromatic rings. The third-order valence-electron chi connectivity index (χ3n) is 6.46. The molecule has 0 N–H and O–H groups in total. The summed E-state index contributed by atoms with van der Waals surface area (Å²) in [6.07, 6.45) is 0. The zero-order valence-corrected chi connectivity index (χ0v) is 19.7. The van der Waals surface area contributed by atoms with Crippen LogP contribution in [0.1, 0.15) is 36.7 Å². The van der Waals surface area contributed by atoms with Crippen molar-refractivity contribution >= 4 is 24.9 Å². The molecule has 0 saturated heterocycles. The van der Waals surface area contributed by atoms with E-state index in [1.54, 1.807) is 14.2 Å². The van der Waals surface area contributed by atoms with Crippen molar-refractivity contribution in [3.63, 3.8) is 0 Å². The molecular weight excluding hydrogens is 392 g/mol. The van der Waals surface area contributed by atoms with Gasteiger partial charge in [0.25, 0.3) is 8.32 Å². The molecule has 5 heteroatoms. The van der Waals surface area contributed by atoms with E-state index in [1.807, 2.05) is 42.5 Å². The van der Waals surface area contributed by atoms with E-state index in [9.17, 15) is 4.79 Å². The van der Waals surface area contributed by atoms with Crippen molar-refractivity contribution in [1.29, 1.82) is 0 Å². The van der Waals surface area contributed by atoms with E-state index in [-0.39, 0.29) is 10.8 Å². The van der Waals surface area contributed by atoms with Crippen LogP contribution in [-0.4, -0.2) is 28.3 Å². The summed E-state index contributed by atoms with van der Waals surface area (Å²) in [5.74, 6) is 2.21. The van der Waals surface area contributed by atoms with Crippen molar-refractivity contribution in [3.8, 4) is 28.4 Å². The number of benzene rings is 3. The maximum Gasteiger partial charge on any atom is 0.250 e. The minimum atomic E-state index is -2.11. The number of hydrogen-bond donors (Lipinski definition) is 0. The molecule has 0 saturated carbocycles. The van der Waals surface area contributed by atoms with Gasteiger partial charge in [0.2, 0.25) is 0 Å². The van der Waals surface area contributed by atoms with E-state index >= 15 is 0 Å². The van der Waals surface area contributed by atoms with Crippen LogP contribution in [0.4, 0.5) is 0 Å². The quantitative estimate of drug-likeness (QED) is 0.356. The first-order chi connectivity index (χ1) is 14.1. The fourth-order valence-electron chi connectivity index (χ4n) is 3.68. The second-order valence-corrected chi connectivity index (χ2v) is 14.0. The highest BCUT2D eigenvalue weighted by atomic mass is 28.4. The number of carbonyl (C=O) groups excluding carboxylic acids is 1. The standard InChI is InChI=1S/C25H28O4Si/c1-25(2,3)30(6,7)29-22-14-21-23(17-10-8-15(27-4)12-19(17)22)18-11-9-16(28-5)13-20(18)24(21)26/h8-14H,1-7H3. The monoisotopic (exact) mass is 420 g/mol. The highest BCUT2D eigenvalue weighted by molar-refractivity contribution is 6.74. The van der Waals surface area contributed by atoms with Gasteiger partial charge in [0, 0.05) is 22.1 Å². The second-order valence-electron chi connectivity index (χ2n) is 9.31. The molecule has 0 radical (unpaired) electrons. The minimum absolute atomic E-state index is 0.0108. The second kappa shape index (κ2) is 6.88. The van der Waals surface area contributed by atoms with Gasteiger partial charge in [-0.1, -0.05) is 20.8 Å². The van der Waals surface area contributed by atoms with Crippen molar-refractivity contribution in [3.05, 3.63) is 53.6 Å². The van der Waals surface area contributed by atoms with Gasteiger partial charge in [-0.15, -0.1) is 0 Å². The summed E-state index contributed by atoms with van der Waals surface area (Å²) in [5, 5.41) is 2.01. The molecule has 1 aliphatic carbocycles. The smallest absolute Gasteiger partial charge is 0.250 e. The van der Waals surface area contributed by atoms with Gasteiger partial charge >= 0.3 is 0 Å². The third kappa shape index (κ3) is 3.08. The zero-order valence-electron chi connectivity index (χ0n) is 18.7. The van der Waals surface area contributed by atoms with E-state index in [0.29, 0.717) is 16.9 Å². The highest BCUT2D eigenvalue weighted by Crippen LogP contribution is 2.48. The van der Waals surface area contributed by atoms with E-state index in [0.717, 1.165) is 33.4 Å². The Morgan fingerprint density at radius 3 is 2.03 bits per heavy atom. The minimum Gasteiger partial charge on any atom is -0.543 e. The summed E-state index contributed by atoms with van der Waals surface area (Å²) in [6, 6.07) is 13.6. The van der Waals surface area contributed by atoms with Crippen molar-refractivity contribution in [2.24, 2.45) is 0 Å². The molecule has 156 valence electrons. The lowest BCUT2D eigenvalue weighted by Crippen LogP contribution is -2.43. The lowest BCUT2D eigenvalue weighted by Gasteiger charge is -2.37. The van der Waals surface area contributed by atoms with Gasteiger partial charge in [-0.25, -0.2) is 0 Å². The molecule has 0 amide bonds. The summed E-state index contributed by atoms with van der Waals surface area (Å²) in [4.78, 5) is 13.3. The molecule has 0 aliphatic heterocycles. The Hall–Kier alpha value is -2.79. The van der Waals surface area contributed by atoms with Crippen LogP contribution in [0.25, 0.3) is 21.9 Å². The largest absolute Gasteiger partial charge is 0.543 e. The first kappa shape index (κ1) is 20.5. The average molecular weight is 421 g/mol. The van der Waals surface area contributed by atoms with Crippen molar-refractivity contribution in [2.75, 3.05) is 14.2 Å². The number of rotatable bonds is 4. The molecule has 0 fully saturated rings. The Balaban J connectivity index is 2.00. The maximum atomic E-state index is 13.3. The summed E-state index contributed by atoms with van der Waals surface area (Å²) in [6.45, 7) is 11.1. The summed E-state index contributed by atoms with van der Waals surface area (Å²) < 4.78 is 17.5. The molecule has 4 nitrogen and oxygen atoms in total. The molecular formula is C25H28O4Si. The molecule has 1 aliphatic rings. The first-order valence-corrected chi connectivity index (χ1v) is 13.0. The Kier molecular flexibility index (Phi) is 4.69. The van der Waals surface area contributed by atoms with Crippen molar-refractivity contribution in [2.45, 2.75) is 38.9 Å². The van der Waals surface area contributed by atoms with Crippen LogP contribution in [0.2, 0.25) is 18.1 Å². The van der Waals surface area contributed by atoms with E-state index < -0.39 is 8.32 Å². The fraction of sp³-hybridized carbons (Fsp3) is 0.320. The van der Waals surface area contributed by atoms with Crippen LogP contribution in [0.15, 0.2) is 42.5 Å². The topological polar surface area (TPSA) is 44.8 Å². The predicted molar refractivity (Wildman–Crippen MR) is 124 cm³/mol. The molecule has 0 atom stereocenters. The normalized spacial score (nSPS) is 13.2. The van der Waals surface area contributed by atoms with Gasteiger partial charge in [-0.2, -0.15) is 0 Å². The SMILES string of the molecule is COc1ccc2c(c1)C(=O)c1cc(O[Si](C)(C)C(C)(C)C)c3cc(OC)ccc3c1-2. The Bertz CT molecular complexity index is 1170. The van der Waals surface area contributed by atoms with Crippen LogP contribution in [-0.2, 0) is 0 Å². The molecule has 0 spiro atoms. The van der Waals surface area contributed by atoms with Gasteiger partial charge in [0.1, 0.15) is 17.2 Å². The third-order valence-corrected chi connectivity index (χ3v) is 10.8. The Morgan fingerprint density at radius 2 is 1.40 bits per heavy atom. The Morgan fingerprint density at radius 1 is 0.767 bits per heavy atom. The summed E-state index contributed by atoms with van der Waals surface area (Å²) >= 11 is 0. The number of hydrogen-bond acceptors (Lipinski definition) is 4. The molecule has 0 unspecified atom stereocenters. The predicted octanol–water partition coefficient (Wildman–Crippen LogP) is 6.45. The van der Waals surface area contributed by atoms with Crippen LogP contribution in [0.5, 0.6) is 17.2 Å².